The number of anilines is 1. The molecule has 0 saturated heterocycles. The Morgan fingerprint density at radius 3 is 1.71 bits per heavy atom. The third-order valence-electron chi connectivity index (χ3n) is 4.64. The van der Waals surface area contributed by atoms with Crippen LogP contribution < -0.4 is 5.73 Å². The van der Waals surface area contributed by atoms with Crippen LogP contribution in [0.25, 0.3) is 43.6 Å². The normalized spacial score (nSPS) is 10.6. The summed E-state index contributed by atoms with van der Waals surface area (Å²) in [6, 6.07) is 14.4. The fourth-order valence-corrected chi connectivity index (χ4v) is 4.48. The summed E-state index contributed by atoms with van der Waals surface area (Å²) in [4.78, 5) is 12.5. The van der Waals surface area contributed by atoms with Crippen molar-refractivity contribution in [3.63, 3.8) is 0 Å². The fraction of sp³-hybridized carbons (Fsp3) is 0.250. The van der Waals surface area contributed by atoms with Gasteiger partial charge in [0, 0.05) is 26.2 Å². The van der Waals surface area contributed by atoms with Gasteiger partial charge in [0.1, 0.15) is 11.0 Å². The van der Waals surface area contributed by atoms with Crippen molar-refractivity contribution in [1.29, 1.82) is 0 Å². The standard InChI is InChI=1S/C20H15N3S.2C2H6/c1-10-17-18(11(2)24-10)23-20-15-8-7-12(21)9-16(15)13-5-3-4-6-14(13)19(20)22-17;2*1-2/h3-9H,21H2,1-2H3;2*1-2H3. The number of nitrogen functional groups attached to an aromatic ring is 1. The molecule has 0 saturated carbocycles. The third-order valence-corrected chi connectivity index (χ3v) is 5.64. The van der Waals surface area contributed by atoms with Crippen LogP contribution >= 0.6 is 11.3 Å². The van der Waals surface area contributed by atoms with Crippen molar-refractivity contribution in [2.75, 3.05) is 5.73 Å². The van der Waals surface area contributed by atoms with Crippen molar-refractivity contribution in [2.24, 2.45) is 0 Å². The predicted molar refractivity (Wildman–Crippen MR) is 127 cm³/mol. The summed E-state index contributed by atoms with van der Waals surface area (Å²) < 4.78 is 0. The largest absolute Gasteiger partial charge is 0.399 e. The van der Waals surface area contributed by atoms with E-state index in [2.05, 4.69) is 44.2 Å². The van der Waals surface area contributed by atoms with Gasteiger partial charge in [0.2, 0.25) is 0 Å². The molecule has 2 aromatic heterocycles. The van der Waals surface area contributed by atoms with E-state index in [1.54, 1.807) is 11.3 Å². The number of thiophene rings is 1. The number of benzene rings is 3. The van der Waals surface area contributed by atoms with Crippen LogP contribution in [0.5, 0.6) is 0 Å². The van der Waals surface area contributed by atoms with Crippen LogP contribution in [0.1, 0.15) is 37.4 Å². The van der Waals surface area contributed by atoms with Gasteiger partial charge in [-0.1, -0.05) is 58.0 Å². The zero-order valence-electron chi connectivity index (χ0n) is 17.4. The van der Waals surface area contributed by atoms with Crippen LogP contribution in [0.3, 0.4) is 0 Å². The van der Waals surface area contributed by atoms with Gasteiger partial charge < -0.3 is 5.73 Å². The summed E-state index contributed by atoms with van der Waals surface area (Å²) in [6.07, 6.45) is 0. The molecule has 0 atom stereocenters. The van der Waals surface area contributed by atoms with E-state index in [1.165, 1.54) is 15.1 Å². The Kier molecular flexibility index (Phi) is 5.80. The van der Waals surface area contributed by atoms with Gasteiger partial charge in [-0.2, -0.15) is 0 Å². The van der Waals surface area contributed by atoms with Gasteiger partial charge in [0.05, 0.1) is 11.0 Å². The van der Waals surface area contributed by atoms with Gasteiger partial charge in [-0.25, -0.2) is 9.97 Å². The van der Waals surface area contributed by atoms with E-state index >= 15 is 0 Å². The van der Waals surface area contributed by atoms with Crippen molar-refractivity contribution in [2.45, 2.75) is 41.5 Å². The van der Waals surface area contributed by atoms with Gasteiger partial charge in [0.25, 0.3) is 0 Å². The van der Waals surface area contributed by atoms with Crippen LogP contribution in [-0.2, 0) is 0 Å². The van der Waals surface area contributed by atoms with E-state index in [0.29, 0.717) is 0 Å². The van der Waals surface area contributed by atoms with E-state index in [1.807, 2.05) is 39.8 Å². The summed E-state index contributed by atoms with van der Waals surface area (Å²) in [5.74, 6) is 0. The molecule has 0 spiro atoms. The summed E-state index contributed by atoms with van der Waals surface area (Å²) in [7, 11) is 0. The monoisotopic (exact) mass is 389 g/mol. The number of nitrogens with zero attached hydrogens (tertiary/aromatic N) is 2. The zero-order valence-corrected chi connectivity index (χ0v) is 18.2. The molecule has 144 valence electrons. The molecular formula is C24H27N3S. The van der Waals surface area contributed by atoms with E-state index in [9.17, 15) is 0 Å². The second-order valence-corrected chi connectivity index (χ2v) is 7.61. The highest BCUT2D eigenvalue weighted by molar-refractivity contribution is 7.13. The lowest BCUT2D eigenvalue weighted by molar-refractivity contribution is 1.40. The molecule has 2 N–H and O–H groups in total. The van der Waals surface area contributed by atoms with Crippen LogP contribution in [0, 0.1) is 13.8 Å². The molecule has 0 aliphatic heterocycles. The first-order valence-corrected chi connectivity index (χ1v) is 10.7. The van der Waals surface area contributed by atoms with Crippen molar-refractivity contribution in [1.82, 2.24) is 9.97 Å². The molecule has 5 rings (SSSR count). The van der Waals surface area contributed by atoms with Gasteiger partial charge in [-0.15, -0.1) is 11.3 Å². The summed E-state index contributed by atoms with van der Waals surface area (Å²) >= 11 is 1.76. The number of nitrogens with two attached hydrogens (primary N) is 1. The molecule has 0 aliphatic rings. The van der Waals surface area contributed by atoms with E-state index in [4.69, 9.17) is 15.7 Å². The molecular weight excluding hydrogens is 362 g/mol. The first-order chi connectivity index (χ1) is 13.6. The minimum Gasteiger partial charge on any atom is -0.399 e. The quantitative estimate of drug-likeness (QED) is 0.222. The Labute approximate surface area is 170 Å². The molecule has 3 nitrogen and oxygen atoms in total. The van der Waals surface area contributed by atoms with E-state index in [-0.39, 0.29) is 0 Å². The number of hydrogen-bond acceptors (Lipinski definition) is 4. The zero-order chi connectivity index (χ0) is 20.4. The van der Waals surface area contributed by atoms with Gasteiger partial charge in [-0.3, -0.25) is 0 Å². The smallest absolute Gasteiger partial charge is 0.103 e. The van der Waals surface area contributed by atoms with Crippen molar-refractivity contribution in [3.8, 4) is 0 Å². The van der Waals surface area contributed by atoms with Crippen LogP contribution in [0.15, 0.2) is 42.5 Å². The summed E-state index contributed by atoms with van der Waals surface area (Å²) in [6.45, 7) is 12.2. The lowest BCUT2D eigenvalue weighted by Gasteiger charge is -2.10. The average molecular weight is 390 g/mol. The Morgan fingerprint density at radius 2 is 1.14 bits per heavy atom. The lowest BCUT2D eigenvalue weighted by Crippen LogP contribution is -1.92. The number of aromatic nitrogens is 2. The fourth-order valence-electron chi connectivity index (χ4n) is 3.54. The maximum atomic E-state index is 6.04. The van der Waals surface area contributed by atoms with E-state index in [0.717, 1.165) is 43.9 Å². The summed E-state index contributed by atoms with van der Waals surface area (Å²) in [5, 5.41) is 4.54. The van der Waals surface area contributed by atoms with Gasteiger partial charge in [-0.05, 0) is 36.8 Å². The van der Waals surface area contributed by atoms with Crippen molar-refractivity contribution >= 4 is 60.6 Å². The second-order valence-electron chi connectivity index (χ2n) is 6.18. The molecule has 0 unspecified atom stereocenters. The topological polar surface area (TPSA) is 51.8 Å². The first-order valence-electron chi connectivity index (χ1n) is 9.91. The Balaban J connectivity index is 0.000000531. The molecule has 28 heavy (non-hydrogen) atoms. The van der Waals surface area contributed by atoms with Crippen molar-refractivity contribution < 1.29 is 0 Å². The molecule has 0 amide bonds. The Morgan fingerprint density at radius 1 is 0.643 bits per heavy atom. The molecule has 2 heterocycles. The highest BCUT2D eigenvalue weighted by atomic mass is 32.1. The van der Waals surface area contributed by atoms with E-state index < -0.39 is 0 Å². The first kappa shape index (κ1) is 20.0. The minimum atomic E-state index is 0.767. The molecule has 0 aliphatic carbocycles. The minimum absolute atomic E-state index is 0.767. The number of fused-ring (bicyclic) bond motifs is 7. The highest BCUT2D eigenvalue weighted by Gasteiger charge is 2.15. The third kappa shape index (κ3) is 3.08. The predicted octanol–water partition coefficient (Wildman–Crippen LogP) is 7.40. The SMILES string of the molecule is CC.CC.Cc1sc(C)c2nc3c4ccc(N)cc4c4ccccc4c3nc12. The lowest BCUT2D eigenvalue weighted by atomic mass is 9.99. The van der Waals surface area contributed by atoms with Crippen molar-refractivity contribution in [3.05, 3.63) is 52.2 Å². The highest BCUT2D eigenvalue weighted by Crippen LogP contribution is 2.37. The second kappa shape index (κ2) is 8.11. The van der Waals surface area contributed by atoms with Crippen LogP contribution in [0.2, 0.25) is 0 Å². The maximum Gasteiger partial charge on any atom is 0.103 e. The molecule has 5 aromatic rings. The Bertz CT molecular complexity index is 1290. The number of rotatable bonds is 0. The molecule has 0 fully saturated rings. The molecule has 0 bridgehead atoms. The Hall–Kier alpha value is -2.72. The van der Waals surface area contributed by atoms with Gasteiger partial charge in [0.15, 0.2) is 0 Å². The average Bonchev–Trinajstić information content (AvgIpc) is 3.03. The van der Waals surface area contributed by atoms with Crippen LogP contribution in [-0.4, -0.2) is 9.97 Å². The number of hydrogen-bond donors (Lipinski definition) is 1. The molecule has 3 aromatic carbocycles. The molecule has 4 heteroatoms. The maximum absolute atomic E-state index is 6.04. The summed E-state index contributed by atoms with van der Waals surface area (Å²) in [5.41, 5.74) is 10.8. The molecule has 0 radical (unpaired) electrons. The van der Waals surface area contributed by atoms with Gasteiger partial charge >= 0.3 is 0 Å². The number of aryl methyl sites for hydroxylation is 2. The van der Waals surface area contributed by atoms with Crippen LogP contribution in [0.4, 0.5) is 5.69 Å².